The summed E-state index contributed by atoms with van der Waals surface area (Å²) in [7, 11) is 0. The second-order valence-electron chi connectivity index (χ2n) is 4.72. The molecular formula is C16H16NOS+. The van der Waals surface area contributed by atoms with Crippen LogP contribution in [0.25, 0.3) is 0 Å². The molecule has 96 valence electrons. The number of hydrogen-bond donors (Lipinski definition) is 0. The van der Waals surface area contributed by atoms with Gasteiger partial charge in [0.1, 0.15) is 0 Å². The number of nitrogens with zero attached hydrogens (tertiary/aromatic N) is 1. The van der Waals surface area contributed by atoms with E-state index >= 15 is 0 Å². The molecule has 2 heterocycles. The predicted molar refractivity (Wildman–Crippen MR) is 78.4 cm³/mol. The highest BCUT2D eigenvalue weighted by Gasteiger charge is 2.25. The maximum Gasteiger partial charge on any atom is 0.392 e. The molecule has 0 radical (unpaired) electrons. The smallest absolute Gasteiger partial charge is 0.219 e. The van der Waals surface area contributed by atoms with Crippen LogP contribution < -0.4 is 0 Å². The van der Waals surface area contributed by atoms with E-state index in [9.17, 15) is 4.79 Å². The van der Waals surface area contributed by atoms with E-state index in [-0.39, 0.29) is 5.91 Å². The molecule has 0 spiro atoms. The summed E-state index contributed by atoms with van der Waals surface area (Å²) in [6, 6.07) is 12.4. The second-order valence-corrected chi connectivity index (χ2v) is 5.76. The number of para-hydroxylation sites is 1. The first-order valence-electron chi connectivity index (χ1n) is 6.60. The molecule has 0 unspecified atom stereocenters. The van der Waals surface area contributed by atoms with Gasteiger partial charge in [0, 0.05) is 29.3 Å². The molecule has 1 aliphatic heterocycles. The van der Waals surface area contributed by atoms with Crippen LogP contribution in [0.5, 0.6) is 0 Å². The molecule has 1 aromatic heterocycles. The summed E-state index contributed by atoms with van der Waals surface area (Å²) < 4.78 is 1.84. The van der Waals surface area contributed by atoms with Gasteiger partial charge in [0.15, 0.2) is 6.21 Å². The number of carbonyl (C=O) groups is 1. The van der Waals surface area contributed by atoms with E-state index in [0.29, 0.717) is 6.42 Å². The van der Waals surface area contributed by atoms with Crippen molar-refractivity contribution in [2.75, 3.05) is 0 Å². The van der Waals surface area contributed by atoms with Crippen LogP contribution in [0.4, 0.5) is 5.69 Å². The molecule has 0 saturated heterocycles. The van der Waals surface area contributed by atoms with E-state index < -0.39 is 0 Å². The molecule has 1 amide bonds. The Morgan fingerprint density at radius 3 is 2.84 bits per heavy atom. The summed E-state index contributed by atoms with van der Waals surface area (Å²) in [6.07, 6.45) is 5.54. The molecule has 0 saturated carbocycles. The fourth-order valence-corrected chi connectivity index (χ4v) is 3.15. The third-order valence-electron chi connectivity index (χ3n) is 3.37. The Bertz CT molecular complexity index is 613. The predicted octanol–water partition coefficient (Wildman–Crippen LogP) is 3.76. The van der Waals surface area contributed by atoms with E-state index in [1.807, 2.05) is 29.0 Å². The Hall–Kier alpha value is -1.74. The number of carbonyl (C=O) groups excluding carboxylic acids is 1. The average Bonchev–Trinajstić information content (AvgIpc) is 2.93. The lowest BCUT2D eigenvalue weighted by atomic mass is 10.1. The van der Waals surface area contributed by atoms with Gasteiger partial charge >= 0.3 is 5.91 Å². The lowest BCUT2D eigenvalue weighted by Gasteiger charge is -2.09. The number of amides is 1. The first-order chi connectivity index (χ1) is 9.34. The molecule has 2 nitrogen and oxygen atoms in total. The Morgan fingerprint density at radius 2 is 2.05 bits per heavy atom. The molecule has 2 aromatic rings. The summed E-state index contributed by atoms with van der Waals surface area (Å²) in [5.74, 6) is 0.213. The number of rotatable bonds is 3. The zero-order chi connectivity index (χ0) is 13.1. The third-order valence-corrected chi connectivity index (χ3v) is 4.25. The molecule has 0 atom stereocenters. The number of benzene rings is 1. The van der Waals surface area contributed by atoms with Crippen LogP contribution in [-0.2, 0) is 11.2 Å². The summed E-state index contributed by atoms with van der Waals surface area (Å²) >= 11 is 1.76. The van der Waals surface area contributed by atoms with Crippen molar-refractivity contribution in [3.05, 3.63) is 52.2 Å². The summed E-state index contributed by atoms with van der Waals surface area (Å²) in [5.41, 5.74) is 2.26. The fourth-order valence-electron chi connectivity index (χ4n) is 2.42. The van der Waals surface area contributed by atoms with Gasteiger partial charge in [0.2, 0.25) is 5.69 Å². The molecule has 3 rings (SSSR count). The maximum absolute atomic E-state index is 12.0. The minimum atomic E-state index is 0.213. The summed E-state index contributed by atoms with van der Waals surface area (Å²) in [5, 5.41) is 2.09. The zero-order valence-corrected chi connectivity index (χ0v) is 11.5. The average molecular weight is 270 g/mol. The van der Waals surface area contributed by atoms with E-state index in [2.05, 4.69) is 23.6 Å². The van der Waals surface area contributed by atoms with Crippen molar-refractivity contribution < 1.29 is 9.37 Å². The summed E-state index contributed by atoms with van der Waals surface area (Å²) in [6.45, 7) is 0. The van der Waals surface area contributed by atoms with Crippen LogP contribution in [0.2, 0.25) is 0 Å². The first-order valence-corrected chi connectivity index (χ1v) is 7.48. The van der Waals surface area contributed by atoms with Crippen molar-refractivity contribution in [3.8, 4) is 0 Å². The molecule has 0 bridgehead atoms. The van der Waals surface area contributed by atoms with E-state index in [4.69, 9.17) is 0 Å². The van der Waals surface area contributed by atoms with E-state index in [1.165, 1.54) is 10.4 Å². The molecule has 19 heavy (non-hydrogen) atoms. The molecule has 1 aromatic carbocycles. The lowest BCUT2D eigenvalue weighted by molar-refractivity contribution is -0.368. The SMILES string of the molecule is O=C1CCCC=[N+]1c1ccccc1Cc1cccs1. The highest BCUT2D eigenvalue weighted by Crippen LogP contribution is 2.25. The van der Waals surface area contributed by atoms with Crippen LogP contribution in [0, 0.1) is 0 Å². The van der Waals surface area contributed by atoms with Crippen LogP contribution in [0.1, 0.15) is 29.7 Å². The van der Waals surface area contributed by atoms with Crippen molar-refractivity contribution in [1.82, 2.24) is 0 Å². The molecular weight excluding hydrogens is 254 g/mol. The maximum atomic E-state index is 12.0. The van der Waals surface area contributed by atoms with Crippen LogP contribution in [-0.4, -0.2) is 16.7 Å². The first kappa shape index (κ1) is 12.3. The lowest BCUT2D eigenvalue weighted by Crippen LogP contribution is -2.22. The highest BCUT2D eigenvalue weighted by atomic mass is 32.1. The van der Waals surface area contributed by atoms with Gasteiger partial charge in [-0.3, -0.25) is 0 Å². The van der Waals surface area contributed by atoms with Crippen molar-refractivity contribution in [2.24, 2.45) is 0 Å². The van der Waals surface area contributed by atoms with Crippen molar-refractivity contribution >= 4 is 29.1 Å². The Morgan fingerprint density at radius 1 is 1.16 bits per heavy atom. The van der Waals surface area contributed by atoms with E-state index in [0.717, 1.165) is 24.9 Å². The number of thiophene rings is 1. The monoisotopic (exact) mass is 270 g/mol. The van der Waals surface area contributed by atoms with Crippen molar-refractivity contribution in [1.29, 1.82) is 0 Å². The zero-order valence-electron chi connectivity index (χ0n) is 10.7. The Balaban J connectivity index is 1.97. The molecule has 0 fully saturated rings. The van der Waals surface area contributed by atoms with Crippen molar-refractivity contribution in [2.45, 2.75) is 25.7 Å². The van der Waals surface area contributed by atoms with Crippen LogP contribution in [0.15, 0.2) is 41.8 Å². The van der Waals surface area contributed by atoms with Crippen LogP contribution >= 0.6 is 11.3 Å². The van der Waals surface area contributed by atoms with Gasteiger partial charge in [-0.05, 0) is 17.9 Å². The van der Waals surface area contributed by atoms with Gasteiger partial charge in [-0.25, -0.2) is 4.79 Å². The molecule has 1 aliphatic rings. The minimum Gasteiger partial charge on any atom is -0.219 e. The van der Waals surface area contributed by atoms with Crippen LogP contribution in [0.3, 0.4) is 0 Å². The quantitative estimate of drug-likeness (QED) is 0.777. The standard InChI is InChI=1S/C16H16NOS/c18-16-9-3-4-10-17(16)15-8-2-1-6-13(15)12-14-7-5-11-19-14/h1-2,5-8,10-11H,3-4,9,12H2/q+1. The molecule has 0 aliphatic carbocycles. The van der Waals surface area contributed by atoms with Gasteiger partial charge in [0.25, 0.3) is 0 Å². The Kier molecular flexibility index (Phi) is 3.56. The summed E-state index contributed by atoms with van der Waals surface area (Å²) in [4.78, 5) is 13.4. The highest BCUT2D eigenvalue weighted by molar-refractivity contribution is 7.09. The van der Waals surface area contributed by atoms with Gasteiger partial charge in [-0.2, -0.15) is 0 Å². The van der Waals surface area contributed by atoms with Gasteiger partial charge in [0.05, 0.1) is 6.42 Å². The second kappa shape index (κ2) is 5.49. The van der Waals surface area contributed by atoms with Gasteiger partial charge in [-0.15, -0.1) is 15.9 Å². The van der Waals surface area contributed by atoms with Crippen molar-refractivity contribution in [3.63, 3.8) is 0 Å². The van der Waals surface area contributed by atoms with Gasteiger partial charge in [-0.1, -0.05) is 24.3 Å². The third kappa shape index (κ3) is 2.66. The normalized spacial score (nSPS) is 15.4. The fraction of sp³-hybridized carbons (Fsp3) is 0.250. The van der Waals surface area contributed by atoms with Gasteiger partial charge < -0.3 is 0 Å². The number of hydrogen-bond acceptors (Lipinski definition) is 2. The topological polar surface area (TPSA) is 20.1 Å². The molecule has 0 N–H and O–H groups in total. The largest absolute Gasteiger partial charge is 0.392 e. The Labute approximate surface area is 117 Å². The minimum absolute atomic E-state index is 0.213. The van der Waals surface area contributed by atoms with E-state index in [1.54, 1.807) is 11.3 Å². The molecule has 3 heteroatoms.